The lowest BCUT2D eigenvalue weighted by atomic mass is 9.73. The first-order valence-electron chi connectivity index (χ1n) is 11.4. The Kier molecular flexibility index (Phi) is 8.38. The normalized spacial score (nSPS) is 19.8. The monoisotopic (exact) mass is 426 g/mol. The number of hydrogen-bond donors (Lipinski definition) is 1. The van der Waals surface area contributed by atoms with Gasteiger partial charge in [-0.15, -0.1) is 0 Å². The van der Waals surface area contributed by atoms with Crippen LogP contribution in [-0.2, 0) is 11.8 Å². The number of halogens is 1. The molecule has 0 aliphatic heterocycles. The van der Waals surface area contributed by atoms with Gasteiger partial charge in [-0.25, -0.2) is 4.39 Å². The fourth-order valence-corrected chi connectivity index (χ4v) is 5.11. The highest BCUT2D eigenvalue weighted by atomic mass is 32.1. The van der Waals surface area contributed by atoms with Gasteiger partial charge in [-0.1, -0.05) is 50.7 Å². The molecule has 0 spiro atoms. The maximum Gasteiger partial charge on any atom is 0.123 e. The van der Waals surface area contributed by atoms with E-state index in [4.69, 9.17) is 12.2 Å². The summed E-state index contributed by atoms with van der Waals surface area (Å²) in [5.74, 6) is 1.22. The molecule has 1 fully saturated rings. The molecule has 3 rings (SSSR count). The summed E-state index contributed by atoms with van der Waals surface area (Å²) in [4.78, 5) is 5.15. The molecule has 0 amide bonds. The Bertz CT molecular complexity index is 810. The van der Waals surface area contributed by atoms with Crippen LogP contribution in [0.15, 0.2) is 48.8 Å². The molecule has 0 saturated heterocycles. The van der Waals surface area contributed by atoms with Crippen LogP contribution >= 0.6 is 12.2 Å². The van der Waals surface area contributed by atoms with Crippen LogP contribution in [0.25, 0.3) is 0 Å². The van der Waals surface area contributed by atoms with Crippen molar-refractivity contribution in [1.29, 1.82) is 0 Å². The van der Waals surface area contributed by atoms with Gasteiger partial charge in [-0.2, -0.15) is 0 Å². The zero-order chi connectivity index (χ0) is 21.4. The summed E-state index contributed by atoms with van der Waals surface area (Å²) < 4.78 is 13.8. The number of thiocarbonyl (C=S) groups is 1. The van der Waals surface area contributed by atoms with Gasteiger partial charge in [-0.3, -0.25) is 4.98 Å². The fourth-order valence-electron chi connectivity index (χ4n) is 4.89. The van der Waals surface area contributed by atoms with E-state index >= 15 is 0 Å². The van der Waals surface area contributed by atoms with Crippen molar-refractivity contribution in [1.82, 2.24) is 10.3 Å². The van der Waals surface area contributed by atoms with Crippen molar-refractivity contribution in [2.45, 2.75) is 70.6 Å². The van der Waals surface area contributed by atoms with E-state index in [1.54, 1.807) is 12.1 Å². The molecule has 0 bridgehead atoms. The Balaban J connectivity index is 1.37. The fraction of sp³-hybridized carbons (Fsp3) is 0.538. The predicted octanol–water partition coefficient (Wildman–Crippen LogP) is 6.63. The molecule has 1 unspecified atom stereocenters. The van der Waals surface area contributed by atoms with Crippen LogP contribution in [0.1, 0.15) is 69.9 Å². The SMILES string of the molecule is CCC[C@](C)(c1cccc(F)c1)C1C[C@@H]1CCC(=S)NCCCCc1cccnc1. The van der Waals surface area contributed by atoms with Crippen LogP contribution in [0.2, 0.25) is 0 Å². The van der Waals surface area contributed by atoms with Gasteiger partial charge < -0.3 is 5.32 Å². The van der Waals surface area contributed by atoms with Gasteiger partial charge in [0.05, 0.1) is 4.99 Å². The molecule has 1 aliphatic carbocycles. The Morgan fingerprint density at radius 1 is 1.27 bits per heavy atom. The van der Waals surface area contributed by atoms with E-state index in [1.165, 1.54) is 12.0 Å². The van der Waals surface area contributed by atoms with Crippen molar-refractivity contribution < 1.29 is 4.39 Å². The van der Waals surface area contributed by atoms with Gasteiger partial charge in [0, 0.05) is 18.9 Å². The number of hydrogen-bond acceptors (Lipinski definition) is 2. The molecule has 1 aliphatic rings. The molecule has 4 heteroatoms. The average molecular weight is 427 g/mol. The number of pyridine rings is 1. The summed E-state index contributed by atoms with van der Waals surface area (Å²) in [6.07, 6.45) is 12.7. The highest BCUT2D eigenvalue weighted by molar-refractivity contribution is 7.80. The number of nitrogens with zero attached hydrogens (tertiary/aromatic N) is 1. The van der Waals surface area contributed by atoms with Crippen LogP contribution in [-0.4, -0.2) is 16.5 Å². The highest BCUT2D eigenvalue weighted by Gasteiger charge is 2.49. The number of nitrogens with one attached hydrogen (secondary N) is 1. The molecule has 30 heavy (non-hydrogen) atoms. The molecule has 2 nitrogen and oxygen atoms in total. The zero-order valence-corrected chi connectivity index (χ0v) is 19.2. The van der Waals surface area contributed by atoms with Crippen molar-refractivity contribution in [2.75, 3.05) is 6.54 Å². The summed E-state index contributed by atoms with van der Waals surface area (Å²) in [7, 11) is 0. The second-order valence-electron chi connectivity index (χ2n) is 8.99. The number of rotatable bonds is 12. The lowest BCUT2D eigenvalue weighted by molar-refractivity contribution is 0.348. The molecule has 2 aromatic rings. The third-order valence-electron chi connectivity index (χ3n) is 6.67. The van der Waals surface area contributed by atoms with Gasteiger partial charge >= 0.3 is 0 Å². The molecule has 3 atom stereocenters. The first kappa shape index (κ1) is 22.9. The quantitative estimate of drug-likeness (QED) is 0.304. The number of aromatic nitrogens is 1. The van der Waals surface area contributed by atoms with E-state index in [2.05, 4.69) is 36.3 Å². The minimum atomic E-state index is -0.124. The standard InChI is InChI=1S/C26H35FN2S/c1-3-14-26(2,22-10-6-11-23(27)18-22)24-17-21(24)12-13-25(30)29-16-5-4-8-20-9-7-15-28-19-20/h6-7,9-11,15,18-19,21,24H,3-5,8,12-14,16-17H2,1-2H3,(H,29,30)/t21-,24?,26+/m0/s1. The number of aryl methyl sites for hydroxylation is 1. The Morgan fingerprint density at radius 3 is 2.87 bits per heavy atom. The Hall–Kier alpha value is -1.81. The summed E-state index contributed by atoms with van der Waals surface area (Å²) in [6.45, 7) is 5.50. The Labute approximate surface area is 186 Å². The molecule has 1 heterocycles. The van der Waals surface area contributed by atoms with Gasteiger partial charge in [-0.05, 0) is 91.5 Å². The largest absolute Gasteiger partial charge is 0.380 e. The van der Waals surface area contributed by atoms with Crippen LogP contribution < -0.4 is 5.32 Å². The summed E-state index contributed by atoms with van der Waals surface area (Å²) in [5.41, 5.74) is 2.53. The molecule has 1 saturated carbocycles. The van der Waals surface area contributed by atoms with Crippen LogP contribution in [0.3, 0.4) is 0 Å². The smallest absolute Gasteiger partial charge is 0.123 e. The summed E-state index contributed by atoms with van der Waals surface area (Å²) in [5, 5.41) is 3.44. The van der Waals surface area contributed by atoms with E-state index in [9.17, 15) is 4.39 Å². The van der Waals surface area contributed by atoms with Crippen LogP contribution in [0.5, 0.6) is 0 Å². The molecule has 162 valence electrons. The lowest BCUT2D eigenvalue weighted by Gasteiger charge is -2.31. The van der Waals surface area contributed by atoms with Crippen molar-refractivity contribution in [3.05, 3.63) is 65.7 Å². The first-order valence-corrected chi connectivity index (χ1v) is 11.9. The number of benzene rings is 1. The van der Waals surface area contributed by atoms with Crippen molar-refractivity contribution in [2.24, 2.45) is 11.8 Å². The van der Waals surface area contributed by atoms with Gasteiger partial charge in [0.15, 0.2) is 0 Å². The topological polar surface area (TPSA) is 24.9 Å². The number of unbranched alkanes of at least 4 members (excludes halogenated alkanes) is 1. The molecular weight excluding hydrogens is 391 g/mol. The Morgan fingerprint density at radius 2 is 2.13 bits per heavy atom. The molecule has 1 aromatic carbocycles. The summed E-state index contributed by atoms with van der Waals surface area (Å²) in [6, 6.07) is 11.4. The third kappa shape index (κ3) is 6.34. The van der Waals surface area contributed by atoms with E-state index in [0.29, 0.717) is 11.8 Å². The second kappa shape index (κ2) is 11.0. The van der Waals surface area contributed by atoms with E-state index in [-0.39, 0.29) is 11.2 Å². The van der Waals surface area contributed by atoms with Crippen LogP contribution in [0.4, 0.5) is 4.39 Å². The van der Waals surface area contributed by atoms with Gasteiger partial charge in [0.1, 0.15) is 5.82 Å². The molecule has 0 radical (unpaired) electrons. The predicted molar refractivity (Wildman–Crippen MR) is 127 cm³/mol. The zero-order valence-electron chi connectivity index (χ0n) is 18.4. The molecular formula is C26H35FN2S. The molecule has 1 aromatic heterocycles. The third-order valence-corrected chi connectivity index (χ3v) is 7.02. The van der Waals surface area contributed by atoms with Crippen molar-refractivity contribution >= 4 is 17.2 Å². The average Bonchev–Trinajstić information content (AvgIpc) is 3.53. The van der Waals surface area contributed by atoms with E-state index in [0.717, 1.165) is 62.0 Å². The molecule has 1 N–H and O–H groups in total. The van der Waals surface area contributed by atoms with Gasteiger partial charge in [0.25, 0.3) is 0 Å². The van der Waals surface area contributed by atoms with E-state index in [1.807, 2.05) is 24.5 Å². The van der Waals surface area contributed by atoms with Crippen molar-refractivity contribution in [3.8, 4) is 0 Å². The second-order valence-corrected chi connectivity index (χ2v) is 9.48. The van der Waals surface area contributed by atoms with Gasteiger partial charge in [0.2, 0.25) is 0 Å². The van der Waals surface area contributed by atoms with Crippen LogP contribution in [0, 0.1) is 17.7 Å². The first-order chi connectivity index (χ1) is 14.5. The van der Waals surface area contributed by atoms with E-state index < -0.39 is 0 Å². The highest BCUT2D eigenvalue weighted by Crippen LogP contribution is 2.56. The minimum absolute atomic E-state index is 0.0723. The summed E-state index contributed by atoms with van der Waals surface area (Å²) >= 11 is 5.57. The minimum Gasteiger partial charge on any atom is -0.380 e. The lowest BCUT2D eigenvalue weighted by Crippen LogP contribution is -2.26. The van der Waals surface area contributed by atoms with Crippen molar-refractivity contribution in [3.63, 3.8) is 0 Å². The maximum atomic E-state index is 13.8. The maximum absolute atomic E-state index is 13.8.